The van der Waals surface area contributed by atoms with Crippen molar-refractivity contribution in [3.63, 3.8) is 0 Å². The van der Waals surface area contributed by atoms with Crippen molar-refractivity contribution in [2.75, 3.05) is 39.8 Å². The van der Waals surface area contributed by atoms with E-state index in [0.29, 0.717) is 19.8 Å². The maximum Gasteiger partial charge on any atom is 0.309 e. The van der Waals surface area contributed by atoms with Gasteiger partial charge >= 0.3 is 5.97 Å². The molecule has 0 amide bonds. The Morgan fingerprint density at radius 3 is 2.38 bits per heavy atom. The van der Waals surface area contributed by atoms with Crippen LogP contribution in [-0.2, 0) is 9.53 Å². The maximum atomic E-state index is 10.6. The highest BCUT2D eigenvalue weighted by molar-refractivity contribution is 5.66. The van der Waals surface area contributed by atoms with E-state index in [-0.39, 0.29) is 30.9 Å². The molecule has 0 saturated heterocycles. The number of nitrogens with zero attached hydrogens (tertiary/aromatic N) is 1. The summed E-state index contributed by atoms with van der Waals surface area (Å²) in [4.78, 5) is 10.6. The number of carboxylic acids is 1. The molecule has 3 N–H and O–H groups in total. The topological polar surface area (TPSA) is 87.0 Å². The molecule has 0 spiro atoms. The number of aliphatic hydroxyl groups is 2. The van der Waals surface area contributed by atoms with Gasteiger partial charge in [-0.25, -0.2) is 0 Å². The van der Waals surface area contributed by atoms with E-state index < -0.39 is 5.97 Å². The van der Waals surface area contributed by atoms with Crippen LogP contribution < -0.4 is 0 Å². The minimum absolute atomic E-state index is 0.0480. The summed E-state index contributed by atoms with van der Waals surface area (Å²) in [6, 6.07) is 0. The lowest BCUT2D eigenvalue weighted by atomic mass is 10.2. The van der Waals surface area contributed by atoms with Crippen LogP contribution in [0.2, 0.25) is 0 Å². The van der Waals surface area contributed by atoms with Crippen molar-refractivity contribution in [2.24, 2.45) is 0 Å². The molecule has 0 aliphatic heterocycles. The van der Waals surface area contributed by atoms with Gasteiger partial charge in [0.05, 0.1) is 19.6 Å². The fraction of sp³-hybridized carbons (Fsp3) is 0.800. The van der Waals surface area contributed by atoms with Gasteiger partial charge in [0, 0.05) is 6.61 Å². The van der Waals surface area contributed by atoms with E-state index in [1.807, 2.05) is 6.92 Å². The Morgan fingerprint density at radius 1 is 1.10 bits per heavy atom. The number of carbonyl (C=O) groups is 1. The van der Waals surface area contributed by atoms with Crippen LogP contribution in [0, 0.1) is 0 Å². The van der Waals surface area contributed by atoms with E-state index >= 15 is 0 Å². The molecule has 0 heterocycles. The van der Waals surface area contributed by atoms with Crippen molar-refractivity contribution < 1.29 is 29.3 Å². The molecule has 0 fully saturated rings. The number of allylic oxidation sites excluding steroid dienone is 2. The number of quaternary nitrogens is 1. The van der Waals surface area contributed by atoms with Crippen LogP contribution in [0.25, 0.3) is 0 Å². The number of rotatable bonds is 14. The summed E-state index contributed by atoms with van der Waals surface area (Å²) in [5, 5.41) is 27.4. The van der Waals surface area contributed by atoms with Crippen LogP contribution in [0.3, 0.4) is 0 Å². The SMILES string of the molecule is C/C=C/CCCCCOCC[N+](CO)(CO)CCC(=O)O. The summed E-state index contributed by atoms with van der Waals surface area (Å²) < 4.78 is 5.45. The Kier molecular flexibility index (Phi) is 12.2. The van der Waals surface area contributed by atoms with Gasteiger partial charge in [0.1, 0.15) is 6.54 Å². The minimum Gasteiger partial charge on any atom is -0.481 e. The molecule has 0 unspecified atom stereocenters. The number of hydrogen-bond acceptors (Lipinski definition) is 4. The molecule has 6 heteroatoms. The molecule has 0 rings (SSSR count). The van der Waals surface area contributed by atoms with Crippen molar-refractivity contribution in [1.82, 2.24) is 0 Å². The first-order chi connectivity index (χ1) is 10.1. The summed E-state index contributed by atoms with van der Waals surface area (Å²) in [6.07, 6.45) is 8.48. The second kappa shape index (κ2) is 12.8. The molecule has 0 aromatic heterocycles. The van der Waals surface area contributed by atoms with Gasteiger partial charge in [-0.2, -0.15) is 0 Å². The van der Waals surface area contributed by atoms with Crippen molar-refractivity contribution in [2.45, 2.75) is 39.0 Å². The van der Waals surface area contributed by atoms with Crippen LogP contribution in [0.4, 0.5) is 0 Å². The van der Waals surface area contributed by atoms with E-state index in [9.17, 15) is 15.0 Å². The first kappa shape index (κ1) is 20.1. The zero-order valence-electron chi connectivity index (χ0n) is 13.0. The Bertz CT molecular complexity index is 290. The fourth-order valence-electron chi connectivity index (χ4n) is 1.94. The third-order valence-electron chi connectivity index (χ3n) is 3.51. The van der Waals surface area contributed by atoms with Gasteiger partial charge in [0.15, 0.2) is 13.5 Å². The predicted octanol–water partition coefficient (Wildman–Crippen LogP) is 1.33. The number of hydrogen-bond donors (Lipinski definition) is 3. The molecule has 21 heavy (non-hydrogen) atoms. The zero-order valence-corrected chi connectivity index (χ0v) is 13.0. The average Bonchev–Trinajstić information content (AvgIpc) is 2.49. The van der Waals surface area contributed by atoms with E-state index in [4.69, 9.17) is 9.84 Å². The van der Waals surface area contributed by atoms with Crippen molar-refractivity contribution >= 4 is 5.97 Å². The summed E-state index contributed by atoms with van der Waals surface area (Å²) in [5.41, 5.74) is 0. The molecule has 0 aromatic rings. The number of aliphatic carboxylic acids is 1. The van der Waals surface area contributed by atoms with Gasteiger partial charge in [-0.05, 0) is 26.2 Å². The molecular weight excluding hydrogens is 274 g/mol. The van der Waals surface area contributed by atoms with E-state index in [2.05, 4.69) is 12.2 Å². The molecule has 0 bridgehead atoms. The van der Waals surface area contributed by atoms with Gasteiger partial charge in [-0.15, -0.1) is 0 Å². The molecular formula is C15H30NO5+. The lowest BCUT2D eigenvalue weighted by Gasteiger charge is -2.33. The Hall–Kier alpha value is -0.950. The molecule has 0 radical (unpaired) electrons. The van der Waals surface area contributed by atoms with Gasteiger partial charge in [0.2, 0.25) is 0 Å². The van der Waals surface area contributed by atoms with Crippen molar-refractivity contribution in [1.29, 1.82) is 0 Å². The number of carboxylic acid groups (broad SMARTS) is 1. The summed E-state index contributed by atoms with van der Waals surface area (Å²) in [7, 11) is 0. The molecule has 124 valence electrons. The van der Waals surface area contributed by atoms with Crippen LogP contribution >= 0.6 is 0 Å². The van der Waals surface area contributed by atoms with Crippen LogP contribution in [0.5, 0.6) is 0 Å². The highest BCUT2D eigenvalue weighted by atomic mass is 16.5. The lowest BCUT2D eigenvalue weighted by Crippen LogP contribution is -2.52. The molecule has 0 atom stereocenters. The maximum absolute atomic E-state index is 10.6. The van der Waals surface area contributed by atoms with Gasteiger partial charge in [0.25, 0.3) is 0 Å². The number of unbranched alkanes of at least 4 members (excludes halogenated alkanes) is 3. The van der Waals surface area contributed by atoms with E-state index in [0.717, 1.165) is 25.7 Å². The highest BCUT2D eigenvalue weighted by Crippen LogP contribution is 2.07. The third-order valence-corrected chi connectivity index (χ3v) is 3.51. The summed E-state index contributed by atoms with van der Waals surface area (Å²) >= 11 is 0. The predicted molar refractivity (Wildman–Crippen MR) is 80.5 cm³/mol. The Morgan fingerprint density at radius 2 is 1.81 bits per heavy atom. The number of ether oxygens (including phenoxy) is 1. The van der Waals surface area contributed by atoms with Crippen LogP contribution in [0.1, 0.15) is 39.0 Å². The van der Waals surface area contributed by atoms with Gasteiger partial charge in [-0.3, -0.25) is 9.28 Å². The molecule has 0 aliphatic carbocycles. The van der Waals surface area contributed by atoms with Crippen LogP contribution in [-0.4, -0.2) is 65.5 Å². The first-order valence-electron chi connectivity index (χ1n) is 7.57. The molecule has 0 aromatic carbocycles. The Balaban J connectivity index is 3.75. The number of aliphatic hydroxyl groups excluding tert-OH is 2. The second-order valence-corrected chi connectivity index (χ2v) is 5.25. The van der Waals surface area contributed by atoms with Gasteiger partial charge in [-0.1, -0.05) is 18.6 Å². The van der Waals surface area contributed by atoms with Crippen LogP contribution in [0.15, 0.2) is 12.2 Å². The second-order valence-electron chi connectivity index (χ2n) is 5.25. The third kappa shape index (κ3) is 10.4. The quantitative estimate of drug-likeness (QED) is 0.195. The van der Waals surface area contributed by atoms with E-state index in [1.54, 1.807) is 0 Å². The normalized spacial score (nSPS) is 12.1. The zero-order chi connectivity index (χ0) is 16.0. The highest BCUT2D eigenvalue weighted by Gasteiger charge is 2.26. The smallest absolute Gasteiger partial charge is 0.309 e. The molecule has 0 aliphatic rings. The van der Waals surface area contributed by atoms with E-state index in [1.165, 1.54) is 0 Å². The van der Waals surface area contributed by atoms with Crippen molar-refractivity contribution in [3.8, 4) is 0 Å². The Labute approximate surface area is 127 Å². The first-order valence-corrected chi connectivity index (χ1v) is 7.57. The summed E-state index contributed by atoms with van der Waals surface area (Å²) in [6.45, 7) is 3.14. The largest absolute Gasteiger partial charge is 0.481 e. The minimum atomic E-state index is -0.929. The monoisotopic (exact) mass is 304 g/mol. The van der Waals surface area contributed by atoms with Crippen molar-refractivity contribution in [3.05, 3.63) is 12.2 Å². The molecule has 0 saturated carbocycles. The fourth-order valence-corrected chi connectivity index (χ4v) is 1.94. The molecule has 6 nitrogen and oxygen atoms in total. The standard InChI is InChI=1S/C15H29NO5/c1-2-3-4-5-6-7-11-21-12-10-16(13-17,14-18)9-8-15(19)20/h2-3,17-18H,4-14H2,1H3/p+1/b3-2+. The van der Waals surface area contributed by atoms with Gasteiger partial charge < -0.3 is 20.1 Å². The average molecular weight is 304 g/mol. The lowest BCUT2D eigenvalue weighted by molar-refractivity contribution is -0.961. The summed E-state index contributed by atoms with van der Waals surface area (Å²) in [5.74, 6) is -0.929.